The summed E-state index contributed by atoms with van der Waals surface area (Å²) >= 11 is 0. The lowest BCUT2D eigenvalue weighted by atomic mass is 9.94. The van der Waals surface area contributed by atoms with Crippen molar-refractivity contribution in [3.63, 3.8) is 0 Å². The van der Waals surface area contributed by atoms with Gasteiger partial charge in [-0.1, -0.05) is 38.3 Å². The molecule has 0 aromatic carbocycles. The quantitative estimate of drug-likeness (QED) is 0.404. The van der Waals surface area contributed by atoms with E-state index >= 15 is 0 Å². The smallest absolute Gasteiger partial charge is 0.310 e. The molecule has 3 atom stereocenters. The lowest BCUT2D eigenvalue weighted by molar-refractivity contribution is -0.150. The normalized spacial score (nSPS) is 29.9. The zero-order valence-electron chi connectivity index (χ0n) is 10.4. The topological polar surface area (TPSA) is 43.4 Å². The molecular weight excluding hydrogens is 216 g/mol. The van der Waals surface area contributed by atoms with Crippen LogP contribution in [0.2, 0.25) is 0 Å². The molecule has 2 aliphatic carbocycles. The van der Waals surface area contributed by atoms with E-state index in [9.17, 15) is 9.59 Å². The number of hydrogen-bond donors (Lipinski definition) is 0. The van der Waals surface area contributed by atoms with Crippen LogP contribution in [0, 0.1) is 17.8 Å². The summed E-state index contributed by atoms with van der Waals surface area (Å²) in [5, 5.41) is 0. The molecule has 3 heteroatoms. The number of ether oxygens (including phenoxy) is 1. The molecule has 0 N–H and O–H groups in total. The second-order valence-electron chi connectivity index (χ2n) is 4.99. The van der Waals surface area contributed by atoms with Crippen LogP contribution in [0.4, 0.5) is 0 Å². The average Bonchev–Trinajstić information content (AvgIpc) is 2.84. The number of fused-ring (bicyclic) bond motifs is 2. The Morgan fingerprint density at radius 1 is 1.35 bits per heavy atom. The number of hydrogen-bond acceptors (Lipinski definition) is 3. The van der Waals surface area contributed by atoms with Crippen LogP contribution in [0.3, 0.4) is 0 Å². The third-order valence-corrected chi connectivity index (χ3v) is 3.73. The molecule has 2 aliphatic rings. The van der Waals surface area contributed by atoms with Gasteiger partial charge in [0.15, 0.2) is 0 Å². The summed E-state index contributed by atoms with van der Waals surface area (Å²) in [6.45, 7) is 2.66. The minimum Gasteiger partial charge on any atom is -0.465 e. The zero-order chi connectivity index (χ0) is 12.3. The van der Waals surface area contributed by atoms with E-state index in [1.54, 1.807) is 0 Å². The highest BCUT2D eigenvalue weighted by atomic mass is 16.5. The lowest BCUT2D eigenvalue weighted by Crippen LogP contribution is -2.23. The first-order valence-corrected chi connectivity index (χ1v) is 6.62. The van der Waals surface area contributed by atoms with Gasteiger partial charge in [-0.15, -0.1) is 0 Å². The third kappa shape index (κ3) is 2.59. The van der Waals surface area contributed by atoms with Gasteiger partial charge in [0.1, 0.15) is 5.78 Å². The van der Waals surface area contributed by atoms with Crippen LogP contribution in [-0.2, 0) is 14.3 Å². The number of Topliss-reactive ketones (excluding diaryl/α,β-unsaturated/α-hetero) is 1. The zero-order valence-corrected chi connectivity index (χ0v) is 10.4. The second kappa shape index (κ2) is 5.48. The molecule has 2 rings (SSSR count). The summed E-state index contributed by atoms with van der Waals surface area (Å²) in [5.74, 6) is -0.380. The summed E-state index contributed by atoms with van der Waals surface area (Å²) in [6.07, 6.45) is 8.88. The Labute approximate surface area is 102 Å². The maximum Gasteiger partial charge on any atom is 0.310 e. The van der Waals surface area contributed by atoms with Crippen molar-refractivity contribution < 1.29 is 14.3 Å². The number of allylic oxidation sites excluding steroid dienone is 2. The Balaban J connectivity index is 1.71. The van der Waals surface area contributed by atoms with Crippen molar-refractivity contribution in [1.82, 2.24) is 0 Å². The fraction of sp³-hybridized carbons (Fsp3) is 0.714. The molecular formula is C14H20O3. The second-order valence-corrected chi connectivity index (χ2v) is 4.99. The first-order chi connectivity index (χ1) is 8.24. The Kier molecular flexibility index (Phi) is 3.97. The van der Waals surface area contributed by atoms with Crippen molar-refractivity contribution in [3.05, 3.63) is 12.2 Å². The van der Waals surface area contributed by atoms with E-state index in [2.05, 4.69) is 6.92 Å². The van der Waals surface area contributed by atoms with E-state index in [4.69, 9.17) is 4.74 Å². The third-order valence-electron chi connectivity index (χ3n) is 3.73. The van der Waals surface area contributed by atoms with Crippen LogP contribution < -0.4 is 0 Å². The Hall–Kier alpha value is -1.12. The van der Waals surface area contributed by atoms with Gasteiger partial charge in [-0.25, -0.2) is 0 Å². The maximum absolute atomic E-state index is 11.8. The monoisotopic (exact) mass is 236 g/mol. The molecule has 0 aromatic rings. The molecule has 0 radical (unpaired) electrons. The number of rotatable bonds is 6. The molecule has 1 fully saturated rings. The summed E-state index contributed by atoms with van der Waals surface area (Å²) in [6, 6.07) is 0. The molecule has 0 heterocycles. The number of unbranched alkanes of at least 4 members (excludes halogenated alkanes) is 3. The molecule has 0 amide bonds. The predicted octanol–water partition coefficient (Wildman–Crippen LogP) is 2.50. The molecule has 0 aliphatic heterocycles. The molecule has 94 valence electrons. The van der Waals surface area contributed by atoms with Gasteiger partial charge in [0.25, 0.3) is 0 Å². The minimum absolute atomic E-state index is 0.0161. The van der Waals surface area contributed by atoms with E-state index in [0.29, 0.717) is 13.0 Å². The van der Waals surface area contributed by atoms with Gasteiger partial charge in [-0.05, 0) is 12.8 Å². The van der Waals surface area contributed by atoms with E-state index < -0.39 is 0 Å². The number of carbonyl (C=O) groups is 2. The van der Waals surface area contributed by atoms with Crippen LogP contribution in [0.15, 0.2) is 12.2 Å². The molecule has 0 saturated heterocycles. The highest BCUT2D eigenvalue weighted by Gasteiger charge is 2.47. The van der Waals surface area contributed by atoms with Crippen LogP contribution in [0.5, 0.6) is 0 Å². The summed E-state index contributed by atoms with van der Waals surface area (Å²) in [5.41, 5.74) is 0. The van der Waals surface area contributed by atoms with E-state index in [0.717, 1.165) is 12.8 Å². The number of ketones is 1. The molecule has 1 saturated carbocycles. The van der Waals surface area contributed by atoms with Crippen molar-refractivity contribution in [2.24, 2.45) is 17.8 Å². The Morgan fingerprint density at radius 3 is 2.76 bits per heavy atom. The summed E-state index contributed by atoms with van der Waals surface area (Å²) in [7, 11) is 0. The molecule has 0 aromatic heterocycles. The van der Waals surface area contributed by atoms with E-state index in [-0.39, 0.29) is 29.5 Å². The van der Waals surface area contributed by atoms with Crippen molar-refractivity contribution >= 4 is 11.8 Å². The Bertz CT molecular complexity index is 332. The molecule has 0 spiro atoms. The van der Waals surface area contributed by atoms with Crippen molar-refractivity contribution in [1.29, 1.82) is 0 Å². The van der Waals surface area contributed by atoms with Crippen LogP contribution in [-0.4, -0.2) is 18.4 Å². The standard InChI is InChI=1S/C14H20O3/c1-2-3-4-5-8-17-14(16)12-9-10-6-7-11(12)13(10)15/h6-7,10-12H,2-5,8-9H2,1H3. The minimum atomic E-state index is -0.205. The fourth-order valence-corrected chi connectivity index (χ4v) is 2.69. The van der Waals surface area contributed by atoms with Gasteiger partial charge in [0.05, 0.1) is 12.5 Å². The van der Waals surface area contributed by atoms with Gasteiger partial charge in [0, 0.05) is 11.8 Å². The molecule has 17 heavy (non-hydrogen) atoms. The lowest BCUT2D eigenvalue weighted by Gasteiger charge is -2.15. The van der Waals surface area contributed by atoms with Crippen molar-refractivity contribution in [3.8, 4) is 0 Å². The predicted molar refractivity (Wildman–Crippen MR) is 64.3 cm³/mol. The average molecular weight is 236 g/mol. The van der Waals surface area contributed by atoms with E-state index in [1.165, 1.54) is 12.8 Å². The first kappa shape index (κ1) is 12.3. The number of carbonyl (C=O) groups excluding carboxylic acids is 2. The fourth-order valence-electron chi connectivity index (χ4n) is 2.69. The summed E-state index contributed by atoms with van der Waals surface area (Å²) < 4.78 is 5.25. The van der Waals surface area contributed by atoms with Crippen LogP contribution in [0.25, 0.3) is 0 Å². The van der Waals surface area contributed by atoms with E-state index in [1.807, 2.05) is 12.2 Å². The molecule has 3 unspecified atom stereocenters. The Morgan fingerprint density at radius 2 is 2.18 bits per heavy atom. The highest BCUT2D eigenvalue weighted by molar-refractivity contribution is 5.96. The maximum atomic E-state index is 11.8. The van der Waals surface area contributed by atoms with Crippen LogP contribution in [0.1, 0.15) is 39.0 Å². The van der Waals surface area contributed by atoms with Crippen molar-refractivity contribution in [2.75, 3.05) is 6.61 Å². The number of esters is 1. The van der Waals surface area contributed by atoms with Crippen LogP contribution >= 0.6 is 0 Å². The highest BCUT2D eigenvalue weighted by Crippen LogP contribution is 2.41. The first-order valence-electron chi connectivity index (χ1n) is 6.62. The largest absolute Gasteiger partial charge is 0.465 e. The summed E-state index contributed by atoms with van der Waals surface area (Å²) in [4.78, 5) is 23.4. The molecule has 2 bridgehead atoms. The van der Waals surface area contributed by atoms with Gasteiger partial charge in [-0.2, -0.15) is 0 Å². The van der Waals surface area contributed by atoms with Gasteiger partial charge >= 0.3 is 5.97 Å². The SMILES string of the molecule is CCCCCCOC(=O)C1CC2C=CC1C2=O. The van der Waals surface area contributed by atoms with Gasteiger partial charge < -0.3 is 4.74 Å². The molecule has 3 nitrogen and oxygen atoms in total. The van der Waals surface area contributed by atoms with Crippen molar-refractivity contribution in [2.45, 2.75) is 39.0 Å². The van der Waals surface area contributed by atoms with Gasteiger partial charge in [-0.3, -0.25) is 9.59 Å². The van der Waals surface area contributed by atoms with Gasteiger partial charge in [0.2, 0.25) is 0 Å².